The third-order valence-corrected chi connectivity index (χ3v) is 2.62. The van der Waals surface area contributed by atoms with Crippen molar-refractivity contribution < 1.29 is 14.6 Å². The number of hydrogen-bond acceptors (Lipinski definition) is 3. The van der Waals surface area contributed by atoms with Gasteiger partial charge in [-0.2, -0.15) is 0 Å². The van der Waals surface area contributed by atoms with E-state index in [1.807, 2.05) is 6.92 Å². The number of Topliss-reactive ketones (excluding diaryl/α,β-unsaturated/α-hetero) is 1. The summed E-state index contributed by atoms with van der Waals surface area (Å²) in [6.07, 6.45) is 3.54. The summed E-state index contributed by atoms with van der Waals surface area (Å²) in [5.41, 5.74) is 0. The minimum absolute atomic E-state index is 0.0502. The molecular weight excluding hydrogens is 168 g/mol. The van der Waals surface area contributed by atoms with Crippen molar-refractivity contribution in [3.8, 4) is 0 Å². The number of ether oxygens (including phenoxy) is 1. The summed E-state index contributed by atoms with van der Waals surface area (Å²) in [7, 11) is 0. The van der Waals surface area contributed by atoms with Crippen molar-refractivity contribution in [2.24, 2.45) is 0 Å². The van der Waals surface area contributed by atoms with Crippen LogP contribution in [0, 0.1) is 0 Å². The van der Waals surface area contributed by atoms with Crippen molar-refractivity contribution in [2.75, 3.05) is 0 Å². The van der Waals surface area contributed by atoms with Crippen LogP contribution in [0.2, 0.25) is 0 Å². The Morgan fingerprint density at radius 2 is 2.31 bits per heavy atom. The smallest absolute Gasteiger partial charge is 0.226 e. The number of hydrogen-bond donors (Lipinski definition) is 1. The first-order chi connectivity index (χ1) is 6.12. The highest BCUT2D eigenvalue weighted by molar-refractivity contribution is 5.85. The molecule has 0 saturated carbocycles. The molecule has 0 spiro atoms. The van der Waals surface area contributed by atoms with Crippen LogP contribution in [0.1, 0.15) is 46.0 Å². The van der Waals surface area contributed by atoms with Crippen LogP contribution in [0.15, 0.2) is 0 Å². The van der Waals surface area contributed by atoms with Crippen molar-refractivity contribution in [3.05, 3.63) is 0 Å². The molecular formula is C10H18O3. The Labute approximate surface area is 79.1 Å². The van der Waals surface area contributed by atoms with Gasteiger partial charge in [0, 0.05) is 12.8 Å². The van der Waals surface area contributed by atoms with Crippen molar-refractivity contribution in [2.45, 2.75) is 57.8 Å². The SMILES string of the molecule is CCC(=O)C1(O)CCCC(CC)O1. The Hall–Kier alpha value is -0.410. The fourth-order valence-electron chi connectivity index (χ4n) is 1.73. The summed E-state index contributed by atoms with van der Waals surface area (Å²) in [6, 6.07) is 0. The second-order valence-corrected chi connectivity index (χ2v) is 3.60. The first kappa shape index (κ1) is 10.7. The van der Waals surface area contributed by atoms with Crippen molar-refractivity contribution >= 4 is 5.78 Å². The van der Waals surface area contributed by atoms with Gasteiger partial charge in [-0.05, 0) is 19.3 Å². The molecule has 0 aliphatic carbocycles. The van der Waals surface area contributed by atoms with Gasteiger partial charge in [0.2, 0.25) is 5.79 Å². The van der Waals surface area contributed by atoms with Crippen LogP contribution in [0.4, 0.5) is 0 Å². The van der Waals surface area contributed by atoms with Crippen LogP contribution in [-0.4, -0.2) is 22.8 Å². The molecule has 13 heavy (non-hydrogen) atoms. The highest BCUT2D eigenvalue weighted by atomic mass is 16.6. The van der Waals surface area contributed by atoms with E-state index in [1.54, 1.807) is 6.92 Å². The van der Waals surface area contributed by atoms with Gasteiger partial charge in [0.25, 0.3) is 0 Å². The number of aliphatic hydroxyl groups is 1. The molecule has 1 aliphatic rings. The van der Waals surface area contributed by atoms with E-state index in [-0.39, 0.29) is 11.9 Å². The Morgan fingerprint density at radius 1 is 1.62 bits per heavy atom. The topological polar surface area (TPSA) is 46.5 Å². The highest BCUT2D eigenvalue weighted by Crippen LogP contribution is 2.29. The monoisotopic (exact) mass is 186 g/mol. The zero-order chi connectivity index (χ0) is 9.90. The third-order valence-electron chi connectivity index (χ3n) is 2.62. The van der Waals surface area contributed by atoms with Crippen molar-refractivity contribution in [1.29, 1.82) is 0 Å². The molecule has 0 bridgehead atoms. The molecule has 0 amide bonds. The minimum Gasteiger partial charge on any atom is -0.360 e. The molecule has 3 nitrogen and oxygen atoms in total. The molecule has 0 radical (unpaired) electrons. The van der Waals surface area contributed by atoms with E-state index in [1.165, 1.54) is 0 Å². The first-order valence-corrected chi connectivity index (χ1v) is 5.06. The zero-order valence-corrected chi connectivity index (χ0v) is 8.38. The highest BCUT2D eigenvalue weighted by Gasteiger charge is 2.40. The first-order valence-electron chi connectivity index (χ1n) is 5.06. The lowest BCUT2D eigenvalue weighted by Gasteiger charge is -2.35. The van der Waals surface area contributed by atoms with Gasteiger partial charge in [-0.1, -0.05) is 13.8 Å². The maximum atomic E-state index is 11.4. The minimum atomic E-state index is -1.48. The van der Waals surface area contributed by atoms with E-state index < -0.39 is 5.79 Å². The summed E-state index contributed by atoms with van der Waals surface area (Å²) >= 11 is 0. The Balaban J connectivity index is 2.62. The van der Waals surface area contributed by atoms with Gasteiger partial charge in [0.1, 0.15) is 0 Å². The van der Waals surface area contributed by atoms with Gasteiger partial charge in [-0.25, -0.2) is 0 Å². The lowest BCUT2D eigenvalue weighted by molar-refractivity contribution is -0.241. The summed E-state index contributed by atoms with van der Waals surface area (Å²) in [6.45, 7) is 3.76. The summed E-state index contributed by atoms with van der Waals surface area (Å²) in [4.78, 5) is 11.4. The molecule has 0 aromatic rings. The predicted octanol–water partition coefficient (Wildman–Crippen LogP) is 1.63. The summed E-state index contributed by atoms with van der Waals surface area (Å²) < 4.78 is 5.38. The van der Waals surface area contributed by atoms with Gasteiger partial charge in [0.05, 0.1) is 6.10 Å². The zero-order valence-electron chi connectivity index (χ0n) is 8.38. The standard InChI is InChI=1S/C10H18O3/c1-3-8-6-5-7-10(12,13-8)9(11)4-2/h8,12H,3-7H2,1-2H3. The number of ketones is 1. The molecule has 1 rings (SSSR count). The molecule has 0 aromatic carbocycles. The molecule has 1 fully saturated rings. The van der Waals surface area contributed by atoms with Crippen LogP contribution in [0.3, 0.4) is 0 Å². The van der Waals surface area contributed by atoms with Gasteiger partial charge < -0.3 is 9.84 Å². The summed E-state index contributed by atoms with van der Waals surface area (Å²) in [5, 5.41) is 9.87. The molecule has 0 aromatic heterocycles. The Kier molecular flexibility index (Phi) is 3.45. The molecule has 1 aliphatic heterocycles. The number of rotatable bonds is 3. The van der Waals surface area contributed by atoms with E-state index >= 15 is 0 Å². The van der Waals surface area contributed by atoms with Gasteiger partial charge in [-0.3, -0.25) is 4.79 Å². The summed E-state index contributed by atoms with van der Waals surface area (Å²) in [5.74, 6) is -1.67. The normalized spacial score (nSPS) is 34.5. The largest absolute Gasteiger partial charge is 0.360 e. The van der Waals surface area contributed by atoms with Crippen LogP contribution < -0.4 is 0 Å². The van der Waals surface area contributed by atoms with Crippen LogP contribution >= 0.6 is 0 Å². The molecule has 2 atom stereocenters. The molecule has 1 heterocycles. The second kappa shape index (κ2) is 4.20. The Bertz CT molecular complexity index is 191. The predicted molar refractivity (Wildman–Crippen MR) is 49.3 cm³/mol. The maximum absolute atomic E-state index is 11.4. The lowest BCUT2D eigenvalue weighted by Crippen LogP contribution is -2.46. The average molecular weight is 186 g/mol. The van der Waals surface area contributed by atoms with Crippen LogP contribution in [0.5, 0.6) is 0 Å². The second-order valence-electron chi connectivity index (χ2n) is 3.60. The van der Waals surface area contributed by atoms with Crippen LogP contribution in [0.25, 0.3) is 0 Å². The van der Waals surface area contributed by atoms with E-state index in [0.717, 1.165) is 19.3 Å². The van der Waals surface area contributed by atoms with E-state index in [4.69, 9.17) is 4.74 Å². The lowest BCUT2D eigenvalue weighted by atomic mass is 9.96. The Morgan fingerprint density at radius 3 is 2.85 bits per heavy atom. The van der Waals surface area contributed by atoms with E-state index in [9.17, 15) is 9.90 Å². The number of carbonyl (C=O) groups excluding carboxylic acids is 1. The van der Waals surface area contributed by atoms with Gasteiger partial charge in [-0.15, -0.1) is 0 Å². The maximum Gasteiger partial charge on any atom is 0.226 e. The van der Waals surface area contributed by atoms with Crippen molar-refractivity contribution in [1.82, 2.24) is 0 Å². The quantitative estimate of drug-likeness (QED) is 0.728. The molecule has 1 N–H and O–H groups in total. The van der Waals surface area contributed by atoms with E-state index in [0.29, 0.717) is 12.8 Å². The van der Waals surface area contributed by atoms with Gasteiger partial charge in [0.15, 0.2) is 5.78 Å². The van der Waals surface area contributed by atoms with Gasteiger partial charge >= 0.3 is 0 Å². The molecule has 1 saturated heterocycles. The average Bonchev–Trinajstić information content (AvgIpc) is 2.16. The fraction of sp³-hybridized carbons (Fsp3) is 0.900. The van der Waals surface area contributed by atoms with Crippen molar-refractivity contribution in [3.63, 3.8) is 0 Å². The fourth-order valence-corrected chi connectivity index (χ4v) is 1.73. The van der Waals surface area contributed by atoms with E-state index in [2.05, 4.69) is 0 Å². The molecule has 76 valence electrons. The third kappa shape index (κ3) is 2.29. The molecule has 2 unspecified atom stereocenters. The van der Waals surface area contributed by atoms with Crippen LogP contribution in [-0.2, 0) is 9.53 Å². The number of carbonyl (C=O) groups is 1. The molecule has 3 heteroatoms.